The fraction of sp³-hybridized carbons (Fsp3) is 0.208. The van der Waals surface area contributed by atoms with Crippen molar-refractivity contribution >= 4 is 28.9 Å². The van der Waals surface area contributed by atoms with E-state index >= 15 is 0 Å². The number of fused-ring (bicyclic) bond motifs is 1. The van der Waals surface area contributed by atoms with Crippen LogP contribution >= 0.6 is 11.6 Å². The van der Waals surface area contributed by atoms with E-state index in [1.54, 1.807) is 48.0 Å². The summed E-state index contributed by atoms with van der Waals surface area (Å²) in [6.45, 7) is 0.491. The summed E-state index contributed by atoms with van der Waals surface area (Å²) in [5, 5.41) is 16.1. The lowest BCUT2D eigenvalue weighted by atomic mass is 10.1. The van der Waals surface area contributed by atoms with Gasteiger partial charge in [0.15, 0.2) is 17.3 Å². The Morgan fingerprint density at radius 2 is 1.85 bits per heavy atom. The summed E-state index contributed by atoms with van der Waals surface area (Å²) in [7, 11) is 1.60. The monoisotopic (exact) mass is 479 g/mol. The van der Waals surface area contributed by atoms with Crippen LogP contribution in [-0.4, -0.2) is 51.8 Å². The molecule has 0 spiro atoms. The zero-order valence-electron chi connectivity index (χ0n) is 18.4. The molecule has 1 amide bonds. The fourth-order valence-electron chi connectivity index (χ4n) is 3.23. The van der Waals surface area contributed by atoms with E-state index in [4.69, 9.17) is 21.1 Å². The summed E-state index contributed by atoms with van der Waals surface area (Å²) in [5.41, 5.74) is 1.91. The van der Waals surface area contributed by atoms with Gasteiger partial charge in [-0.15, -0.1) is 15.3 Å². The first-order valence-corrected chi connectivity index (χ1v) is 11.0. The first-order chi connectivity index (χ1) is 16.5. The maximum atomic E-state index is 12.2. The third kappa shape index (κ3) is 5.68. The largest absolute Gasteiger partial charge is 0.497 e. The molecule has 2 heterocycles. The molecule has 4 aromatic rings. The van der Waals surface area contributed by atoms with Crippen LogP contribution in [0.25, 0.3) is 17.0 Å². The fourth-order valence-corrected chi connectivity index (χ4v) is 3.36. The van der Waals surface area contributed by atoms with E-state index in [0.29, 0.717) is 33.7 Å². The first-order valence-electron chi connectivity index (χ1n) is 10.6. The average Bonchev–Trinajstić information content (AvgIpc) is 3.29. The Morgan fingerprint density at radius 3 is 2.65 bits per heavy atom. The number of carbonyl (C=O) groups is 2. The molecular weight excluding hydrogens is 458 g/mol. The van der Waals surface area contributed by atoms with Crippen molar-refractivity contribution in [2.75, 3.05) is 20.3 Å². The van der Waals surface area contributed by atoms with Crippen LogP contribution < -0.4 is 14.8 Å². The number of carbonyl (C=O) groups excluding carboxylic acids is 2. The van der Waals surface area contributed by atoms with E-state index in [2.05, 4.69) is 20.6 Å². The minimum atomic E-state index is -0.228. The van der Waals surface area contributed by atoms with E-state index in [9.17, 15) is 9.59 Å². The van der Waals surface area contributed by atoms with Crippen molar-refractivity contribution in [3.63, 3.8) is 0 Å². The zero-order chi connectivity index (χ0) is 23.9. The third-order valence-electron chi connectivity index (χ3n) is 4.99. The molecule has 0 fully saturated rings. The van der Waals surface area contributed by atoms with Crippen molar-refractivity contribution in [2.24, 2.45) is 0 Å². The van der Waals surface area contributed by atoms with Gasteiger partial charge >= 0.3 is 0 Å². The highest BCUT2D eigenvalue weighted by Gasteiger charge is 2.12. The number of ether oxygens (including phenoxy) is 2. The van der Waals surface area contributed by atoms with Crippen LogP contribution in [0.15, 0.2) is 60.7 Å². The van der Waals surface area contributed by atoms with E-state index in [1.165, 1.54) is 0 Å². The van der Waals surface area contributed by atoms with Crippen molar-refractivity contribution in [1.82, 2.24) is 25.1 Å². The van der Waals surface area contributed by atoms with Crippen LogP contribution in [0.1, 0.15) is 23.2 Å². The summed E-state index contributed by atoms with van der Waals surface area (Å²) >= 11 is 5.83. The van der Waals surface area contributed by atoms with E-state index in [0.717, 1.165) is 5.56 Å². The second kappa shape index (κ2) is 10.8. The Morgan fingerprint density at radius 1 is 1.03 bits per heavy atom. The minimum Gasteiger partial charge on any atom is -0.497 e. The summed E-state index contributed by atoms with van der Waals surface area (Å²) in [6.07, 6.45) is 0.212. The van der Waals surface area contributed by atoms with Gasteiger partial charge in [0.2, 0.25) is 11.8 Å². The van der Waals surface area contributed by atoms with Gasteiger partial charge in [-0.25, -0.2) is 0 Å². The molecule has 1 N–H and O–H groups in total. The number of nitrogens with zero attached hydrogens (tertiary/aromatic N) is 4. The SMILES string of the molecule is COc1cccc(-c2nnc3ccc(OCCNC(=O)CCC(=O)c4ccc(Cl)cc4)nn23)c1. The van der Waals surface area contributed by atoms with E-state index in [1.807, 2.05) is 24.3 Å². The Labute approximate surface area is 200 Å². The number of Topliss-reactive ketones (excluding diaryl/α,β-unsaturated/α-hetero) is 1. The number of benzene rings is 2. The molecule has 9 nitrogen and oxygen atoms in total. The minimum absolute atomic E-state index is 0.0935. The van der Waals surface area contributed by atoms with Crippen LogP contribution in [0.4, 0.5) is 0 Å². The maximum Gasteiger partial charge on any atom is 0.231 e. The van der Waals surface area contributed by atoms with Gasteiger partial charge in [-0.2, -0.15) is 4.52 Å². The van der Waals surface area contributed by atoms with Gasteiger partial charge in [-0.3, -0.25) is 9.59 Å². The van der Waals surface area contributed by atoms with E-state index < -0.39 is 0 Å². The molecular formula is C24H22ClN5O4. The van der Waals surface area contributed by atoms with E-state index in [-0.39, 0.29) is 37.7 Å². The molecule has 0 atom stereocenters. The molecule has 4 rings (SSSR count). The van der Waals surface area contributed by atoms with Crippen molar-refractivity contribution in [3.05, 3.63) is 71.2 Å². The highest BCUT2D eigenvalue weighted by atomic mass is 35.5. The van der Waals surface area contributed by atoms with Crippen molar-refractivity contribution in [1.29, 1.82) is 0 Å². The van der Waals surface area contributed by atoms with Gasteiger partial charge in [0.1, 0.15) is 12.4 Å². The Balaban J connectivity index is 1.28. The highest BCUT2D eigenvalue weighted by Crippen LogP contribution is 2.23. The standard InChI is InChI=1S/C24H22ClN5O4/c1-33-19-4-2-3-17(15-19)24-28-27-21-10-12-23(29-30(21)24)34-14-13-26-22(32)11-9-20(31)16-5-7-18(25)8-6-16/h2-8,10,12,15H,9,11,13-14H2,1H3,(H,26,32). The topological polar surface area (TPSA) is 108 Å². The number of halogens is 1. The molecule has 0 saturated carbocycles. The van der Waals surface area contributed by atoms with Crippen LogP contribution in [0.2, 0.25) is 5.02 Å². The van der Waals surface area contributed by atoms with Gasteiger partial charge in [0.25, 0.3) is 0 Å². The lowest BCUT2D eigenvalue weighted by Crippen LogP contribution is -2.28. The molecule has 0 aliphatic rings. The number of rotatable bonds is 10. The van der Waals surface area contributed by atoms with Crippen LogP contribution in [0.3, 0.4) is 0 Å². The lowest BCUT2D eigenvalue weighted by molar-refractivity contribution is -0.121. The smallest absolute Gasteiger partial charge is 0.231 e. The van der Waals surface area contributed by atoms with Gasteiger partial charge in [-0.1, -0.05) is 23.7 Å². The average molecular weight is 480 g/mol. The van der Waals surface area contributed by atoms with Crippen LogP contribution in [-0.2, 0) is 4.79 Å². The van der Waals surface area contributed by atoms with Crippen molar-refractivity contribution < 1.29 is 19.1 Å². The molecule has 34 heavy (non-hydrogen) atoms. The Hall–Kier alpha value is -3.98. The first kappa shape index (κ1) is 23.2. The second-order valence-corrected chi connectivity index (χ2v) is 7.76. The Bertz CT molecular complexity index is 1310. The van der Waals surface area contributed by atoms with Crippen LogP contribution in [0.5, 0.6) is 11.6 Å². The highest BCUT2D eigenvalue weighted by molar-refractivity contribution is 6.30. The predicted molar refractivity (Wildman–Crippen MR) is 126 cm³/mol. The number of hydrogen-bond donors (Lipinski definition) is 1. The summed E-state index contributed by atoms with van der Waals surface area (Å²) in [4.78, 5) is 24.2. The van der Waals surface area contributed by atoms with Gasteiger partial charge < -0.3 is 14.8 Å². The molecule has 0 aliphatic heterocycles. The molecule has 0 bridgehead atoms. The summed E-state index contributed by atoms with van der Waals surface area (Å²) < 4.78 is 12.5. The number of ketones is 1. The lowest BCUT2D eigenvalue weighted by Gasteiger charge is -2.08. The molecule has 174 valence electrons. The molecule has 0 unspecified atom stereocenters. The molecule has 0 aliphatic carbocycles. The number of methoxy groups -OCH3 is 1. The predicted octanol–water partition coefficient (Wildman–Crippen LogP) is 3.61. The molecule has 0 saturated heterocycles. The third-order valence-corrected chi connectivity index (χ3v) is 5.24. The number of nitrogens with one attached hydrogen (secondary N) is 1. The number of aromatic nitrogens is 4. The summed E-state index contributed by atoms with van der Waals surface area (Å²) in [5.74, 6) is 1.28. The summed E-state index contributed by atoms with van der Waals surface area (Å²) in [6, 6.07) is 17.5. The van der Waals surface area contributed by atoms with Gasteiger partial charge in [0, 0.05) is 35.1 Å². The van der Waals surface area contributed by atoms with Crippen molar-refractivity contribution in [2.45, 2.75) is 12.8 Å². The van der Waals surface area contributed by atoms with Gasteiger partial charge in [-0.05, 0) is 42.5 Å². The molecule has 10 heteroatoms. The maximum absolute atomic E-state index is 12.2. The second-order valence-electron chi connectivity index (χ2n) is 7.33. The quantitative estimate of drug-likeness (QED) is 0.273. The van der Waals surface area contributed by atoms with Crippen LogP contribution in [0, 0.1) is 0 Å². The normalized spacial score (nSPS) is 10.8. The molecule has 2 aromatic carbocycles. The number of hydrogen-bond acceptors (Lipinski definition) is 7. The number of amides is 1. The van der Waals surface area contributed by atoms with Crippen molar-refractivity contribution in [3.8, 4) is 23.0 Å². The Kier molecular flexibility index (Phi) is 7.34. The molecule has 2 aromatic heterocycles. The van der Waals surface area contributed by atoms with Gasteiger partial charge in [0.05, 0.1) is 13.7 Å². The zero-order valence-corrected chi connectivity index (χ0v) is 19.2. The molecule has 0 radical (unpaired) electrons.